The standard InChI is InChI=1S/C25H25F4N3OS/c26-21-10-3-2-8-19(21)15-31(14-18-7-6-9-20(13-18)25(27,28)29)16-23-30-22(17-34-23)24(33)32-11-4-1-5-12-32/h2-3,6-10,13,17H,1,4-5,11-12,14-16H2. The summed E-state index contributed by atoms with van der Waals surface area (Å²) in [6.45, 7) is 2.09. The number of halogens is 4. The van der Waals surface area contributed by atoms with E-state index in [1.165, 1.54) is 23.5 Å². The molecule has 4 nitrogen and oxygen atoms in total. The topological polar surface area (TPSA) is 36.4 Å². The molecule has 0 unspecified atom stereocenters. The highest BCUT2D eigenvalue weighted by molar-refractivity contribution is 7.09. The van der Waals surface area contributed by atoms with Crippen LogP contribution in [0.15, 0.2) is 53.9 Å². The first-order valence-corrected chi connectivity index (χ1v) is 12.0. The molecule has 0 spiro atoms. The molecule has 9 heteroatoms. The SMILES string of the molecule is O=C(c1csc(CN(Cc2cccc(C(F)(F)F)c2)Cc2ccccc2F)n1)N1CCCCC1. The van der Waals surface area contributed by atoms with Crippen molar-refractivity contribution in [2.45, 2.75) is 45.1 Å². The van der Waals surface area contributed by atoms with Crippen molar-refractivity contribution in [3.63, 3.8) is 0 Å². The first-order chi connectivity index (χ1) is 16.3. The van der Waals surface area contributed by atoms with Gasteiger partial charge in [-0.25, -0.2) is 9.37 Å². The second-order valence-corrected chi connectivity index (χ2v) is 9.36. The van der Waals surface area contributed by atoms with Crippen LogP contribution in [0.1, 0.15) is 51.4 Å². The van der Waals surface area contributed by atoms with E-state index in [-0.39, 0.29) is 31.4 Å². The Kier molecular flexibility index (Phi) is 7.63. The van der Waals surface area contributed by atoms with E-state index in [2.05, 4.69) is 4.98 Å². The molecule has 1 aliphatic rings. The molecule has 0 atom stereocenters. The zero-order chi connectivity index (χ0) is 24.1. The van der Waals surface area contributed by atoms with Gasteiger partial charge in [-0.05, 0) is 37.0 Å². The number of nitrogens with zero attached hydrogens (tertiary/aromatic N) is 3. The van der Waals surface area contributed by atoms with Crippen molar-refractivity contribution >= 4 is 17.2 Å². The van der Waals surface area contributed by atoms with Gasteiger partial charge in [0.15, 0.2) is 0 Å². The molecule has 1 amide bonds. The summed E-state index contributed by atoms with van der Waals surface area (Å²) in [7, 11) is 0. The number of carbonyl (C=O) groups is 1. The molecule has 1 saturated heterocycles. The van der Waals surface area contributed by atoms with E-state index in [0.29, 0.717) is 21.8 Å². The van der Waals surface area contributed by atoms with Gasteiger partial charge in [0.05, 0.1) is 12.1 Å². The first-order valence-electron chi connectivity index (χ1n) is 11.1. The maximum atomic E-state index is 14.3. The Morgan fingerprint density at radius 3 is 2.50 bits per heavy atom. The molecule has 0 radical (unpaired) electrons. The minimum absolute atomic E-state index is 0.0965. The number of hydrogen-bond acceptors (Lipinski definition) is 4. The lowest BCUT2D eigenvalue weighted by molar-refractivity contribution is -0.137. The van der Waals surface area contributed by atoms with Crippen LogP contribution in [0, 0.1) is 5.82 Å². The molecular weight excluding hydrogens is 466 g/mol. The number of rotatable bonds is 7. The van der Waals surface area contributed by atoms with Crippen LogP contribution >= 0.6 is 11.3 Å². The van der Waals surface area contributed by atoms with E-state index in [0.717, 1.165) is 44.5 Å². The van der Waals surface area contributed by atoms with Crippen molar-refractivity contribution in [3.05, 3.63) is 87.1 Å². The Morgan fingerprint density at radius 1 is 1.00 bits per heavy atom. The van der Waals surface area contributed by atoms with Crippen LogP contribution in [0.3, 0.4) is 0 Å². The number of benzene rings is 2. The molecule has 180 valence electrons. The number of carbonyl (C=O) groups excluding carboxylic acids is 1. The highest BCUT2D eigenvalue weighted by Crippen LogP contribution is 2.30. The number of aromatic nitrogens is 1. The van der Waals surface area contributed by atoms with Gasteiger partial charge in [-0.2, -0.15) is 13.2 Å². The summed E-state index contributed by atoms with van der Waals surface area (Å²) in [5.74, 6) is -0.475. The molecule has 2 heterocycles. The average Bonchev–Trinajstić information content (AvgIpc) is 3.29. The Labute approximate surface area is 199 Å². The summed E-state index contributed by atoms with van der Waals surface area (Å²) < 4.78 is 53.9. The highest BCUT2D eigenvalue weighted by Gasteiger charge is 2.30. The second-order valence-electron chi connectivity index (χ2n) is 8.41. The van der Waals surface area contributed by atoms with Crippen molar-refractivity contribution in [2.24, 2.45) is 0 Å². The molecule has 0 aliphatic carbocycles. The number of thiazole rings is 1. The van der Waals surface area contributed by atoms with Crippen molar-refractivity contribution in [2.75, 3.05) is 13.1 Å². The van der Waals surface area contributed by atoms with Crippen molar-refractivity contribution in [1.82, 2.24) is 14.8 Å². The molecule has 2 aromatic carbocycles. The number of amides is 1. The number of likely N-dealkylation sites (tertiary alicyclic amines) is 1. The minimum Gasteiger partial charge on any atom is -0.337 e. The lowest BCUT2D eigenvalue weighted by Crippen LogP contribution is -2.35. The Morgan fingerprint density at radius 2 is 1.76 bits per heavy atom. The molecule has 34 heavy (non-hydrogen) atoms. The second kappa shape index (κ2) is 10.7. The third-order valence-corrected chi connectivity index (χ3v) is 6.62. The minimum atomic E-state index is -4.44. The van der Waals surface area contributed by atoms with E-state index in [4.69, 9.17) is 0 Å². The Hall–Kier alpha value is -2.78. The molecule has 3 aromatic rings. The lowest BCUT2D eigenvalue weighted by Gasteiger charge is -2.25. The maximum absolute atomic E-state index is 14.3. The molecule has 0 N–H and O–H groups in total. The van der Waals surface area contributed by atoms with Gasteiger partial charge < -0.3 is 4.90 Å². The van der Waals surface area contributed by atoms with Gasteiger partial charge in [0.2, 0.25) is 0 Å². The van der Waals surface area contributed by atoms with Gasteiger partial charge in [-0.3, -0.25) is 9.69 Å². The zero-order valence-corrected chi connectivity index (χ0v) is 19.3. The van der Waals surface area contributed by atoms with Crippen molar-refractivity contribution < 1.29 is 22.4 Å². The largest absolute Gasteiger partial charge is 0.416 e. The zero-order valence-electron chi connectivity index (χ0n) is 18.5. The third kappa shape index (κ3) is 6.21. The van der Waals surface area contributed by atoms with Crippen LogP contribution in [0.2, 0.25) is 0 Å². The van der Waals surface area contributed by atoms with Crippen LogP contribution in [0.5, 0.6) is 0 Å². The van der Waals surface area contributed by atoms with Crippen LogP contribution < -0.4 is 0 Å². The molecule has 4 rings (SSSR count). The van der Waals surface area contributed by atoms with Gasteiger partial charge in [-0.1, -0.05) is 36.4 Å². The van der Waals surface area contributed by atoms with Crippen LogP contribution in [0.4, 0.5) is 17.6 Å². The maximum Gasteiger partial charge on any atom is 0.416 e. The van der Waals surface area contributed by atoms with E-state index in [9.17, 15) is 22.4 Å². The summed E-state index contributed by atoms with van der Waals surface area (Å²) >= 11 is 1.33. The Balaban J connectivity index is 1.53. The fraction of sp³-hybridized carbons (Fsp3) is 0.360. The predicted octanol–water partition coefficient (Wildman–Crippen LogP) is 6.13. The molecule has 1 aliphatic heterocycles. The van der Waals surface area contributed by atoms with Gasteiger partial charge in [0.1, 0.15) is 16.5 Å². The quantitative estimate of drug-likeness (QED) is 0.373. The summed E-state index contributed by atoms with van der Waals surface area (Å²) in [5, 5.41) is 2.38. The van der Waals surface area contributed by atoms with Gasteiger partial charge in [-0.15, -0.1) is 11.3 Å². The normalized spacial score (nSPS) is 14.6. The summed E-state index contributed by atoms with van der Waals surface area (Å²) in [5.41, 5.74) is 0.564. The average molecular weight is 492 g/mol. The third-order valence-electron chi connectivity index (χ3n) is 5.79. The predicted molar refractivity (Wildman–Crippen MR) is 123 cm³/mol. The van der Waals surface area contributed by atoms with E-state index in [1.807, 2.05) is 9.80 Å². The monoisotopic (exact) mass is 491 g/mol. The van der Waals surface area contributed by atoms with E-state index >= 15 is 0 Å². The molecular formula is C25H25F4N3OS. The summed E-state index contributed by atoms with van der Waals surface area (Å²) in [6, 6.07) is 11.5. The highest BCUT2D eigenvalue weighted by atomic mass is 32.1. The van der Waals surface area contributed by atoms with E-state index < -0.39 is 11.7 Å². The number of alkyl halides is 3. The Bertz CT molecular complexity index is 1130. The van der Waals surface area contributed by atoms with Crippen LogP contribution in [-0.2, 0) is 25.8 Å². The molecule has 0 bridgehead atoms. The van der Waals surface area contributed by atoms with Gasteiger partial charge >= 0.3 is 6.18 Å². The summed E-state index contributed by atoms with van der Waals surface area (Å²) in [4.78, 5) is 20.9. The molecule has 1 aromatic heterocycles. The number of piperidine rings is 1. The number of hydrogen-bond donors (Lipinski definition) is 0. The van der Waals surface area contributed by atoms with Gasteiger partial charge in [0.25, 0.3) is 5.91 Å². The smallest absolute Gasteiger partial charge is 0.337 e. The first kappa shape index (κ1) is 24.3. The fourth-order valence-corrected chi connectivity index (χ4v) is 4.88. The van der Waals surface area contributed by atoms with Crippen LogP contribution in [0.25, 0.3) is 0 Å². The van der Waals surface area contributed by atoms with E-state index in [1.54, 1.807) is 29.6 Å². The molecule has 1 fully saturated rings. The van der Waals surface area contributed by atoms with Crippen molar-refractivity contribution in [3.8, 4) is 0 Å². The van der Waals surface area contributed by atoms with Crippen molar-refractivity contribution in [1.29, 1.82) is 0 Å². The van der Waals surface area contributed by atoms with Crippen LogP contribution in [-0.4, -0.2) is 33.8 Å². The lowest BCUT2D eigenvalue weighted by atomic mass is 10.1. The molecule has 0 saturated carbocycles. The van der Waals surface area contributed by atoms with Gasteiger partial charge in [0, 0.05) is 37.1 Å². The summed E-state index contributed by atoms with van der Waals surface area (Å²) in [6.07, 6.45) is -1.36. The fourth-order valence-electron chi connectivity index (χ4n) is 4.07.